The van der Waals surface area contributed by atoms with Gasteiger partial charge in [-0.25, -0.2) is 0 Å². The Balaban J connectivity index is 2.83. The summed E-state index contributed by atoms with van der Waals surface area (Å²) in [6.45, 7) is 0. The molecule has 0 aliphatic heterocycles. The summed E-state index contributed by atoms with van der Waals surface area (Å²) >= 11 is 5.06. The molecule has 0 heterocycles. The molecule has 0 aromatic heterocycles. The van der Waals surface area contributed by atoms with Crippen molar-refractivity contribution < 1.29 is 8.58 Å². The first-order valence-electron chi connectivity index (χ1n) is 1.25. The molecule has 0 saturated carbocycles. The summed E-state index contributed by atoms with van der Waals surface area (Å²) in [5, 5.41) is 4.68. The van der Waals surface area contributed by atoms with Gasteiger partial charge in [-0.2, -0.15) is 0 Å². The molecule has 0 aromatic carbocycles. The molecule has 0 amide bonds. The van der Waals surface area contributed by atoms with Gasteiger partial charge in [0.15, 0.2) is 0 Å². The Labute approximate surface area is 43.9 Å². The van der Waals surface area contributed by atoms with E-state index in [1.165, 1.54) is 0 Å². The zero-order valence-electron chi connectivity index (χ0n) is 2.98. The molecule has 0 unspecified atom stereocenters. The standard InChI is InChI=1S/ClH4NO2Si2/c1-5-4-6(2)3/h2,5H2. The van der Waals surface area contributed by atoms with Gasteiger partial charge in [-0.1, -0.05) is 0 Å². The molecule has 0 radical (unpaired) electrons. The van der Waals surface area contributed by atoms with Gasteiger partial charge in [0.2, 0.25) is 0 Å². The van der Waals surface area contributed by atoms with Crippen LogP contribution in [0.5, 0.6) is 0 Å². The average molecular weight is 142 g/mol. The molecule has 0 aliphatic rings. The van der Waals surface area contributed by atoms with E-state index in [1.807, 2.05) is 0 Å². The van der Waals surface area contributed by atoms with Crippen LogP contribution in [0.25, 0.3) is 0 Å². The van der Waals surface area contributed by atoms with E-state index in [0.717, 1.165) is 0 Å². The summed E-state index contributed by atoms with van der Waals surface area (Å²) in [5.74, 6) is 0. The molecular weight excluding hydrogens is 138 g/mol. The van der Waals surface area contributed by atoms with Crippen molar-refractivity contribution in [3.05, 3.63) is 0 Å². The fourth-order valence-electron chi connectivity index (χ4n) is 0.0538. The first-order chi connectivity index (χ1) is 2.77. The summed E-state index contributed by atoms with van der Waals surface area (Å²) in [4.78, 5) is 0. The van der Waals surface area contributed by atoms with Crippen LogP contribution in [-0.2, 0) is 8.58 Å². The van der Waals surface area contributed by atoms with Crippen LogP contribution in [0.1, 0.15) is 0 Å². The van der Waals surface area contributed by atoms with Crippen LogP contribution >= 0.6 is 11.1 Å². The maximum Gasteiger partial charge on any atom is 0.618 e. The van der Waals surface area contributed by atoms with E-state index >= 15 is 0 Å². The van der Waals surface area contributed by atoms with Gasteiger partial charge in [0.25, 0.3) is 0 Å². The van der Waals surface area contributed by atoms with Gasteiger partial charge in [0, 0.05) is 0 Å². The first kappa shape index (κ1) is 6.12. The Morgan fingerprint density at radius 1 is 2.00 bits per heavy atom. The third kappa shape index (κ3) is 4.12. The summed E-state index contributed by atoms with van der Waals surface area (Å²) in [5.41, 5.74) is 0. The molecule has 0 atom stereocenters. The second-order valence-corrected chi connectivity index (χ2v) is 3.24. The van der Waals surface area contributed by atoms with Crippen LogP contribution in [0.2, 0.25) is 0 Å². The lowest BCUT2D eigenvalue weighted by molar-refractivity contribution is 0.473. The van der Waals surface area contributed by atoms with Crippen LogP contribution in [-0.4, -0.2) is 18.2 Å². The normalized spacial score (nSPS) is 9.50. The van der Waals surface area contributed by atoms with E-state index in [4.69, 9.17) is 11.1 Å². The number of nitrogens with two attached hydrogens (primary N) is 1. The highest BCUT2D eigenvalue weighted by atomic mass is 35.6. The molecule has 6 heteroatoms. The van der Waals surface area contributed by atoms with Crippen molar-refractivity contribution >= 4 is 29.2 Å². The Morgan fingerprint density at radius 3 is 2.50 bits per heavy atom. The van der Waals surface area contributed by atoms with Crippen LogP contribution in [0.15, 0.2) is 0 Å². The summed E-state index contributed by atoms with van der Waals surface area (Å²) in [6.07, 6.45) is 0. The predicted octanol–water partition coefficient (Wildman–Crippen LogP) is -1.39. The van der Waals surface area contributed by atoms with Crippen molar-refractivity contribution in [2.45, 2.75) is 0 Å². The lowest BCUT2D eigenvalue weighted by Gasteiger charge is -1.86. The second kappa shape index (κ2) is 3.32. The van der Waals surface area contributed by atoms with Crippen molar-refractivity contribution in [3.8, 4) is 0 Å². The Hall–Kier alpha value is 0.124. The fraction of sp³-hybridized carbons (Fsp3) is 0. The molecular formula is H4ClNO2Si2. The maximum atomic E-state index is 9.73. The van der Waals surface area contributed by atoms with Crippen LogP contribution in [0.4, 0.5) is 0 Å². The largest absolute Gasteiger partial charge is 0.618 e. The van der Waals surface area contributed by atoms with Crippen molar-refractivity contribution in [2.75, 3.05) is 0 Å². The maximum absolute atomic E-state index is 9.73. The third-order valence-corrected chi connectivity index (χ3v) is 2.75. The van der Waals surface area contributed by atoms with Gasteiger partial charge in [-0.05, 0) is 0 Å². The van der Waals surface area contributed by atoms with E-state index in [0.29, 0.717) is 0 Å². The number of halogens is 1. The minimum atomic E-state index is -2.21. The molecule has 0 fully saturated rings. The zero-order chi connectivity index (χ0) is 4.99. The SMILES string of the molecule is N[Si](=O)O[SiH2]Cl. The summed E-state index contributed by atoms with van der Waals surface area (Å²) in [6, 6.07) is 0. The lowest BCUT2D eigenvalue weighted by atomic mass is 13.9. The highest BCUT2D eigenvalue weighted by Gasteiger charge is 1.92. The molecule has 0 saturated heterocycles. The number of hydrogen-bond acceptors (Lipinski definition) is 2. The fourth-order valence-corrected chi connectivity index (χ4v) is 1.45. The zero-order valence-corrected chi connectivity index (χ0v) is 6.15. The molecule has 0 spiro atoms. The molecule has 2 N–H and O–H groups in total. The summed E-state index contributed by atoms with van der Waals surface area (Å²) in [7, 11) is -3.26. The lowest BCUT2D eigenvalue weighted by Crippen LogP contribution is -2.18. The highest BCUT2D eigenvalue weighted by molar-refractivity contribution is 6.91. The van der Waals surface area contributed by atoms with Gasteiger partial charge in [0.1, 0.15) is 0 Å². The van der Waals surface area contributed by atoms with Crippen molar-refractivity contribution in [1.29, 1.82) is 0 Å². The number of rotatable bonds is 2. The molecule has 0 aliphatic carbocycles. The molecule has 36 valence electrons. The highest BCUT2D eigenvalue weighted by Crippen LogP contribution is 1.66. The Kier molecular flexibility index (Phi) is 3.39. The third-order valence-electron chi connectivity index (χ3n) is 0.197. The molecule has 0 bridgehead atoms. The van der Waals surface area contributed by atoms with Gasteiger partial charge in [-0.15, -0.1) is 11.1 Å². The first-order valence-corrected chi connectivity index (χ1v) is 5.36. The van der Waals surface area contributed by atoms with E-state index in [-0.39, 0.29) is 0 Å². The monoisotopic (exact) mass is 141 g/mol. The Morgan fingerprint density at radius 2 is 2.50 bits per heavy atom. The smallest absolute Gasteiger partial charge is 0.557 e. The van der Waals surface area contributed by atoms with Crippen molar-refractivity contribution in [3.63, 3.8) is 0 Å². The number of hydrogen-bond donors (Lipinski definition) is 1. The van der Waals surface area contributed by atoms with Crippen molar-refractivity contribution in [1.82, 2.24) is 0 Å². The van der Waals surface area contributed by atoms with E-state index in [9.17, 15) is 4.46 Å². The average Bonchev–Trinajstić information content (AvgIpc) is 1.35. The van der Waals surface area contributed by atoms with E-state index in [2.05, 4.69) is 9.51 Å². The quantitative estimate of drug-likeness (QED) is 0.381. The summed E-state index contributed by atoms with van der Waals surface area (Å²) < 4.78 is 14.0. The van der Waals surface area contributed by atoms with E-state index < -0.39 is 18.2 Å². The molecule has 0 rings (SSSR count). The predicted molar refractivity (Wildman–Crippen MR) is 26.1 cm³/mol. The van der Waals surface area contributed by atoms with Crippen LogP contribution in [0, 0.1) is 0 Å². The molecule has 3 nitrogen and oxygen atoms in total. The second-order valence-electron chi connectivity index (χ2n) is 0.572. The van der Waals surface area contributed by atoms with E-state index in [1.54, 1.807) is 0 Å². The Bertz CT molecular complexity index is 55.5. The van der Waals surface area contributed by atoms with Gasteiger partial charge in [-0.3, -0.25) is 0 Å². The minimum Gasteiger partial charge on any atom is -0.557 e. The minimum absolute atomic E-state index is 1.05. The van der Waals surface area contributed by atoms with Crippen LogP contribution in [0.3, 0.4) is 0 Å². The van der Waals surface area contributed by atoms with Gasteiger partial charge < -0.3 is 14.0 Å². The van der Waals surface area contributed by atoms with Gasteiger partial charge in [0.05, 0.1) is 0 Å². The van der Waals surface area contributed by atoms with Crippen molar-refractivity contribution in [2.24, 2.45) is 5.40 Å². The van der Waals surface area contributed by atoms with Crippen LogP contribution < -0.4 is 5.40 Å². The molecule has 6 heavy (non-hydrogen) atoms. The molecule has 0 aromatic rings. The van der Waals surface area contributed by atoms with Gasteiger partial charge >= 0.3 is 18.2 Å². The topological polar surface area (TPSA) is 52.3 Å².